The SMILES string of the molecule is Cc1noc(C)c1CCC(=O)N1CCC[C@H](c2nc3ccccc3s2)C1. The van der Waals surface area contributed by atoms with Crippen LogP contribution in [0.25, 0.3) is 10.2 Å². The molecule has 0 spiro atoms. The van der Waals surface area contributed by atoms with Crippen LogP contribution in [0.15, 0.2) is 28.8 Å². The molecule has 1 atom stereocenters. The van der Waals surface area contributed by atoms with E-state index < -0.39 is 0 Å². The highest BCUT2D eigenvalue weighted by Gasteiger charge is 2.27. The lowest BCUT2D eigenvalue weighted by molar-refractivity contribution is -0.132. The van der Waals surface area contributed by atoms with Gasteiger partial charge in [0.1, 0.15) is 5.76 Å². The second-order valence-electron chi connectivity index (χ2n) is 7.00. The van der Waals surface area contributed by atoms with Crippen LogP contribution in [0, 0.1) is 13.8 Å². The molecule has 136 valence electrons. The lowest BCUT2D eigenvalue weighted by Crippen LogP contribution is -2.39. The van der Waals surface area contributed by atoms with E-state index >= 15 is 0 Å². The molecule has 0 saturated carbocycles. The van der Waals surface area contributed by atoms with Crippen LogP contribution in [0.4, 0.5) is 0 Å². The zero-order chi connectivity index (χ0) is 18.1. The summed E-state index contributed by atoms with van der Waals surface area (Å²) in [4.78, 5) is 19.5. The number of hydrogen-bond acceptors (Lipinski definition) is 5. The van der Waals surface area contributed by atoms with E-state index in [-0.39, 0.29) is 5.91 Å². The molecule has 1 fully saturated rings. The quantitative estimate of drug-likeness (QED) is 0.690. The zero-order valence-electron chi connectivity index (χ0n) is 15.2. The summed E-state index contributed by atoms with van der Waals surface area (Å²) in [6, 6.07) is 8.25. The predicted molar refractivity (Wildman–Crippen MR) is 102 cm³/mol. The number of thiazole rings is 1. The highest BCUT2D eigenvalue weighted by atomic mass is 32.1. The van der Waals surface area contributed by atoms with Crippen molar-refractivity contribution in [3.8, 4) is 0 Å². The van der Waals surface area contributed by atoms with E-state index in [1.807, 2.05) is 24.8 Å². The second kappa shape index (κ2) is 7.19. The van der Waals surface area contributed by atoms with Gasteiger partial charge in [0.15, 0.2) is 0 Å². The van der Waals surface area contributed by atoms with Crippen molar-refractivity contribution in [2.24, 2.45) is 0 Å². The largest absolute Gasteiger partial charge is 0.361 e. The number of nitrogens with zero attached hydrogens (tertiary/aromatic N) is 3. The van der Waals surface area contributed by atoms with Crippen molar-refractivity contribution in [1.29, 1.82) is 0 Å². The Hall–Kier alpha value is -2.21. The third-order valence-corrected chi connectivity index (χ3v) is 6.40. The van der Waals surface area contributed by atoms with Gasteiger partial charge >= 0.3 is 0 Å². The number of carbonyl (C=O) groups is 1. The number of para-hydroxylation sites is 1. The van der Waals surface area contributed by atoms with Gasteiger partial charge in [-0.2, -0.15) is 0 Å². The standard InChI is InChI=1S/C20H23N3O2S/c1-13-16(14(2)25-22-13)9-10-19(24)23-11-5-6-15(12-23)20-21-17-7-3-4-8-18(17)26-20/h3-4,7-8,15H,5-6,9-12H2,1-2H3/t15-/m0/s1. The molecule has 2 aromatic heterocycles. The molecule has 6 heteroatoms. The molecule has 0 aliphatic carbocycles. The van der Waals surface area contributed by atoms with Gasteiger partial charge in [0, 0.05) is 31.0 Å². The molecule has 1 amide bonds. The summed E-state index contributed by atoms with van der Waals surface area (Å²) < 4.78 is 6.42. The predicted octanol–water partition coefficient (Wildman–Crippen LogP) is 4.24. The smallest absolute Gasteiger partial charge is 0.222 e. The topological polar surface area (TPSA) is 59.2 Å². The Morgan fingerprint density at radius 1 is 1.35 bits per heavy atom. The summed E-state index contributed by atoms with van der Waals surface area (Å²) in [7, 11) is 0. The number of hydrogen-bond donors (Lipinski definition) is 0. The Bertz CT molecular complexity index is 878. The fourth-order valence-corrected chi connectivity index (χ4v) is 4.81. The number of benzene rings is 1. The number of rotatable bonds is 4. The first-order valence-electron chi connectivity index (χ1n) is 9.17. The monoisotopic (exact) mass is 369 g/mol. The van der Waals surface area contributed by atoms with Crippen LogP contribution in [-0.2, 0) is 11.2 Å². The third kappa shape index (κ3) is 3.38. The van der Waals surface area contributed by atoms with Crippen LogP contribution < -0.4 is 0 Å². The van der Waals surface area contributed by atoms with Gasteiger partial charge in [-0.25, -0.2) is 4.98 Å². The van der Waals surface area contributed by atoms with E-state index in [1.54, 1.807) is 11.3 Å². The van der Waals surface area contributed by atoms with E-state index in [0.717, 1.165) is 53.5 Å². The van der Waals surface area contributed by atoms with Crippen LogP contribution in [0.3, 0.4) is 0 Å². The van der Waals surface area contributed by atoms with Crippen LogP contribution in [0.5, 0.6) is 0 Å². The maximum atomic E-state index is 12.7. The Labute approximate surface area is 157 Å². The second-order valence-corrected chi connectivity index (χ2v) is 8.06. The van der Waals surface area contributed by atoms with E-state index in [9.17, 15) is 4.79 Å². The average Bonchev–Trinajstić information content (AvgIpc) is 3.23. The highest BCUT2D eigenvalue weighted by Crippen LogP contribution is 2.33. The molecule has 5 nitrogen and oxygen atoms in total. The van der Waals surface area contributed by atoms with Crippen molar-refractivity contribution < 1.29 is 9.32 Å². The Balaban J connectivity index is 1.42. The van der Waals surface area contributed by atoms with E-state index in [0.29, 0.717) is 18.8 Å². The van der Waals surface area contributed by atoms with Crippen molar-refractivity contribution in [2.75, 3.05) is 13.1 Å². The number of amides is 1. The van der Waals surface area contributed by atoms with Crippen molar-refractivity contribution in [1.82, 2.24) is 15.0 Å². The minimum absolute atomic E-state index is 0.218. The summed E-state index contributed by atoms with van der Waals surface area (Å²) in [6.07, 6.45) is 3.35. The number of fused-ring (bicyclic) bond motifs is 1. The molecule has 26 heavy (non-hydrogen) atoms. The molecule has 1 aliphatic rings. The van der Waals surface area contributed by atoms with Gasteiger partial charge < -0.3 is 9.42 Å². The summed E-state index contributed by atoms with van der Waals surface area (Å²) in [6.45, 7) is 5.46. The maximum absolute atomic E-state index is 12.7. The minimum atomic E-state index is 0.218. The molecule has 0 radical (unpaired) electrons. The first-order chi connectivity index (χ1) is 12.6. The normalized spacial score (nSPS) is 17.8. The van der Waals surface area contributed by atoms with Crippen molar-refractivity contribution in [3.05, 3.63) is 46.3 Å². The van der Waals surface area contributed by atoms with E-state index in [1.165, 1.54) is 4.70 Å². The zero-order valence-corrected chi connectivity index (χ0v) is 16.0. The molecular formula is C20H23N3O2S. The van der Waals surface area contributed by atoms with Gasteiger partial charge in [-0.15, -0.1) is 11.3 Å². The molecule has 0 bridgehead atoms. The Morgan fingerprint density at radius 2 is 2.19 bits per heavy atom. The van der Waals surface area contributed by atoms with Crippen molar-refractivity contribution in [3.63, 3.8) is 0 Å². The van der Waals surface area contributed by atoms with Gasteiger partial charge in [0.25, 0.3) is 0 Å². The van der Waals surface area contributed by atoms with Crippen LogP contribution in [0.1, 0.15) is 47.2 Å². The number of carbonyl (C=O) groups excluding carboxylic acids is 1. The fourth-order valence-electron chi connectivity index (χ4n) is 3.72. The molecule has 0 N–H and O–H groups in total. The molecule has 3 heterocycles. The summed E-state index contributed by atoms with van der Waals surface area (Å²) in [5.74, 6) is 1.39. The lowest BCUT2D eigenvalue weighted by Gasteiger charge is -2.32. The first-order valence-corrected chi connectivity index (χ1v) is 9.98. The molecule has 1 aromatic carbocycles. The van der Waals surface area contributed by atoms with Crippen LogP contribution in [-0.4, -0.2) is 34.0 Å². The van der Waals surface area contributed by atoms with Gasteiger partial charge in [-0.1, -0.05) is 17.3 Å². The summed E-state index contributed by atoms with van der Waals surface area (Å²) >= 11 is 1.76. The first kappa shape index (κ1) is 17.2. The van der Waals surface area contributed by atoms with E-state index in [2.05, 4.69) is 23.4 Å². The Morgan fingerprint density at radius 3 is 2.96 bits per heavy atom. The van der Waals surface area contributed by atoms with Gasteiger partial charge in [0.2, 0.25) is 5.91 Å². The average molecular weight is 369 g/mol. The molecule has 1 saturated heterocycles. The lowest BCUT2D eigenvalue weighted by atomic mass is 9.98. The number of aryl methyl sites for hydroxylation is 2. The van der Waals surface area contributed by atoms with E-state index in [4.69, 9.17) is 9.51 Å². The number of likely N-dealkylation sites (tertiary alicyclic amines) is 1. The maximum Gasteiger partial charge on any atom is 0.222 e. The van der Waals surface area contributed by atoms with Crippen LogP contribution >= 0.6 is 11.3 Å². The summed E-state index contributed by atoms with van der Waals surface area (Å²) in [5.41, 5.74) is 3.02. The fraction of sp³-hybridized carbons (Fsp3) is 0.450. The minimum Gasteiger partial charge on any atom is -0.361 e. The molecule has 1 aliphatic heterocycles. The molecule has 4 rings (SSSR count). The van der Waals surface area contributed by atoms with Gasteiger partial charge in [0.05, 0.1) is 20.9 Å². The molecule has 0 unspecified atom stereocenters. The third-order valence-electron chi connectivity index (χ3n) is 5.20. The Kier molecular flexibility index (Phi) is 4.76. The summed E-state index contributed by atoms with van der Waals surface area (Å²) in [5, 5.41) is 5.13. The van der Waals surface area contributed by atoms with Crippen molar-refractivity contribution in [2.45, 2.75) is 45.4 Å². The van der Waals surface area contributed by atoms with Crippen molar-refractivity contribution >= 4 is 27.5 Å². The number of aromatic nitrogens is 2. The molecule has 3 aromatic rings. The van der Waals surface area contributed by atoms with Gasteiger partial charge in [-0.3, -0.25) is 4.79 Å². The molecular weight excluding hydrogens is 346 g/mol. The highest BCUT2D eigenvalue weighted by molar-refractivity contribution is 7.18. The van der Waals surface area contributed by atoms with Crippen LogP contribution in [0.2, 0.25) is 0 Å². The number of piperidine rings is 1. The van der Waals surface area contributed by atoms with Gasteiger partial charge in [-0.05, 0) is 45.2 Å².